The molecule has 0 aliphatic heterocycles. The van der Waals surface area contributed by atoms with Gasteiger partial charge in [0.05, 0.1) is 5.70 Å². The van der Waals surface area contributed by atoms with E-state index in [0.717, 1.165) is 57.1 Å². The Balaban J connectivity index is 1.61. The first kappa shape index (κ1) is 25.2. The molecule has 5 aliphatic carbocycles. The Morgan fingerprint density at radius 2 is 1.60 bits per heavy atom. The van der Waals surface area contributed by atoms with Gasteiger partial charge in [-0.3, -0.25) is 9.59 Å². The predicted octanol–water partition coefficient (Wildman–Crippen LogP) is 6.14. The van der Waals surface area contributed by atoms with E-state index in [1.165, 1.54) is 6.29 Å². The van der Waals surface area contributed by atoms with Gasteiger partial charge in [0.25, 0.3) is 0 Å². The fraction of sp³-hybridized carbons (Fsp3) is 0.839. The van der Waals surface area contributed by atoms with Crippen LogP contribution in [0.15, 0.2) is 11.8 Å². The summed E-state index contributed by atoms with van der Waals surface area (Å²) in [6, 6.07) is 0. The van der Waals surface area contributed by atoms with Crippen molar-refractivity contribution in [1.82, 2.24) is 5.32 Å². The molecular weight excluding hydrogens is 434 g/mol. The number of aldehydes is 1. The summed E-state index contributed by atoms with van der Waals surface area (Å²) in [5.41, 5.74) is -0.0904. The van der Waals surface area contributed by atoms with E-state index in [-0.39, 0.29) is 51.1 Å². The average molecular weight is 482 g/mol. The molecule has 4 nitrogen and oxygen atoms in total. The van der Waals surface area contributed by atoms with Gasteiger partial charge in [-0.05, 0) is 84.9 Å². The number of Topliss-reactive ketones (excluding diaryl/α,β-unsaturated/α-hetero) is 2. The van der Waals surface area contributed by atoms with E-state index >= 15 is 0 Å². The normalized spacial score (nSPS) is 48.3. The van der Waals surface area contributed by atoms with E-state index in [4.69, 9.17) is 0 Å². The molecule has 5 rings (SSSR count). The van der Waals surface area contributed by atoms with E-state index in [9.17, 15) is 14.4 Å². The Labute approximate surface area is 212 Å². The number of hydrogen-bond donors (Lipinski definition) is 1. The van der Waals surface area contributed by atoms with Gasteiger partial charge >= 0.3 is 0 Å². The second-order valence-corrected chi connectivity index (χ2v) is 14.9. The minimum absolute atomic E-state index is 0.00610. The predicted molar refractivity (Wildman–Crippen MR) is 138 cm³/mol. The number of fused-ring (bicyclic) bond motifs is 7. The van der Waals surface area contributed by atoms with Crippen LogP contribution in [0.2, 0.25) is 0 Å². The van der Waals surface area contributed by atoms with Crippen molar-refractivity contribution in [2.45, 2.75) is 99.3 Å². The standard InChI is InChI=1S/C31H47NO3/c1-27(2)11-13-31(18-33)14-12-29(5)19-9-8-10-24-28(3,4)26(35)22(32-7)17-30(24,6)20(19)15-23(34)25(29)21(31)16-27/h17-21,24-25,32H,8-16H2,1-7H3/t19-,20-,21-,24-,25-,29-,30+,31?/m0/s1. The Kier molecular flexibility index (Phi) is 5.60. The number of rotatable bonds is 2. The molecule has 0 heterocycles. The van der Waals surface area contributed by atoms with Crippen molar-refractivity contribution < 1.29 is 14.4 Å². The van der Waals surface area contributed by atoms with Crippen LogP contribution in [-0.2, 0) is 14.4 Å². The van der Waals surface area contributed by atoms with E-state index in [2.05, 4.69) is 52.9 Å². The van der Waals surface area contributed by atoms with Gasteiger partial charge in [-0.1, -0.05) is 54.0 Å². The summed E-state index contributed by atoms with van der Waals surface area (Å²) in [5.74, 6) is 1.73. The van der Waals surface area contributed by atoms with Crippen LogP contribution >= 0.6 is 0 Å². The summed E-state index contributed by atoms with van der Waals surface area (Å²) in [6.45, 7) is 13.7. The van der Waals surface area contributed by atoms with Crippen LogP contribution in [-0.4, -0.2) is 24.9 Å². The molecule has 194 valence electrons. The minimum Gasteiger partial charge on any atom is -0.385 e. The lowest BCUT2D eigenvalue weighted by molar-refractivity contribution is -0.178. The summed E-state index contributed by atoms with van der Waals surface area (Å²) in [7, 11) is 1.85. The van der Waals surface area contributed by atoms with Crippen LogP contribution < -0.4 is 5.32 Å². The van der Waals surface area contributed by atoms with Gasteiger partial charge in [0.2, 0.25) is 0 Å². The highest BCUT2D eigenvalue weighted by Gasteiger charge is 2.67. The van der Waals surface area contributed by atoms with Crippen molar-refractivity contribution in [3.63, 3.8) is 0 Å². The molecule has 4 saturated carbocycles. The molecule has 35 heavy (non-hydrogen) atoms. The number of carbonyl (C=O) groups excluding carboxylic acids is 3. The van der Waals surface area contributed by atoms with Gasteiger partial charge in [-0.15, -0.1) is 0 Å². The molecule has 0 saturated heterocycles. The Bertz CT molecular complexity index is 978. The SMILES string of the molecule is CNC1=C[C@]2(C)[C@H]3CC(=O)[C@@H]4[C@@H]5CC(C)(C)CCC5(C=O)CC[C@@]4(C)[C@H]3CCC[C@H]2C(C)(C)C1=O. The van der Waals surface area contributed by atoms with Crippen LogP contribution in [0.25, 0.3) is 0 Å². The lowest BCUT2D eigenvalue weighted by atomic mass is 9.38. The molecule has 8 atom stereocenters. The Morgan fingerprint density at radius 3 is 2.26 bits per heavy atom. The first-order valence-electron chi connectivity index (χ1n) is 14.2. The molecule has 0 radical (unpaired) electrons. The van der Waals surface area contributed by atoms with Crippen LogP contribution in [0.5, 0.6) is 0 Å². The summed E-state index contributed by atoms with van der Waals surface area (Å²) in [5, 5.41) is 3.21. The van der Waals surface area contributed by atoms with Crippen LogP contribution in [0.1, 0.15) is 99.3 Å². The lowest BCUT2D eigenvalue weighted by Crippen LogP contribution is -2.62. The second-order valence-electron chi connectivity index (χ2n) is 14.9. The molecule has 4 fully saturated rings. The third-order valence-corrected chi connectivity index (χ3v) is 12.3. The summed E-state index contributed by atoms with van der Waals surface area (Å²) < 4.78 is 0. The molecule has 0 aromatic carbocycles. The topological polar surface area (TPSA) is 63.2 Å². The maximum atomic E-state index is 14.3. The van der Waals surface area contributed by atoms with Gasteiger partial charge in [0.15, 0.2) is 5.78 Å². The number of allylic oxidation sites excluding steroid dienone is 2. The van der Waals surface area contributed by atoms with Crippen LogP contribution in [0, 0.1) is 56.7 Å². The maximum Gasteiger partial charge on any atom is 0.184 e. The van der Waals surface area contributed by atoms with E-state index in [1.807, 2.05) is 7.05 Å². The highest BCUT2D eigenvalue weighted by Crippen LogP contribution is 2.70. The fourth-order valence-electron chi connectivity index (χ4n) is 10.4. The van der Waals surface area contributed by atoms with Crippen molar-refractivity contribution in [2.75, 3.05) is 7.05 Å². The highest BCUT2D eigenvalue weighted by atomic mass is 16.1. The molecule has 5 aliphatic rings. The molecule has 0 aromatic heterocycles. The van der Waals surface area contributed by atoms with Gasteiger partial charge in [0.1, 0.15) is 12.1 Å². The van der Waals surface area contributed by atoms with E-state index < -0.39 is 5.41 Å². The zero-order valence-corrected chi connectivity index (χ0v) is 23.1. The van der Waals surface area contributed by atoms with Gasteiger partial charge in [-0.25, -0.2) is 0 Å². The Morgan fingerprint density at radius 1 is 0.914 bits per heavy atom. The van der Waals surface area contributed by atoms with Crippen molar-refractivity contribution in [2.24, 2.45) is 56.7 Å². The largest absolute Gasteiger partial charge is 0.385 e. The Hall–Kier alpha value is -1.45. The monoisotopic (exact) mass is 481 g/mol. The van der Waals surface area contributed by atoms with Crippen molar-refractivity contribution in [3.05, 3.63) is 11.8 Å². The molecular formula is C31H47NO3. The number of nitrogens with one attached hydrogen (secondary N) is 1. The third kappa shape index (κ3) is 3.33. The average Bonchev–Trinajstić information content (AvgIpc) is 2.93. The van der Waals surface area contributed by atoms with Crippen molar-refractivity contribution >= 4 is 17.9 Å². The zero-order valence-electron chi connectivity index (χ0n) is 23.1. The van der Waals surface area contributed by atoms with Crippen molar-refractivity contribution in [1.29, 1.82) is 0 Å². The number of ketones is 2. The van der Waals surface area contributed by atoms with Gasteiger partial charge < -0.3 is 10.1 Å². The quantitative estimate of drug-likeness (QED) is 0.481. The first-order valence-corrected chi connectivity index (χ1v) is 14.2. The fourth-order valence-corrected chi connectivity index (χ4v) is 10.4. The number of likely N-dealkylation sites (N-methyl/N-ethyl adjacent to an activating group) is 1. The van der Waals surface area contributed by atoms with E-state index in [1.54, 1.807) is 0 Å². The van der Waals surface area contributed by atoms with Gasteiger partial charge in [0, 0.05) is 30.2 Å². The smallest absolute Gasteiger partial charge is 0.184 e. The van der Waals surface area contributed by atoms with E-state index in [0.29, 0.717) is 18.1 Å². The van der Waals surface area contributed by atoms with Gasteiger partial charge in [-0.2, -0.15) is 0 Å². The summed E-state index contributed by atoms with van der Waals surface area (Å²) in [6.07, 6.45) is 12.3. The molecule has 1 unspecified atom stereocenters. The minimum atomic E-state index is -0.440. The van der Waals surface area contributed by atoms with Crippen LogP contribution in [0.3, 0.4) is 0 Å². The molecule has 0 amide bonds. The van der Waals surface area contributed by atoms with Crippen LogP contribution in [0.4, 0.5) is 0 Å². The summed E-state index contributed by atoms with van der Waals surface area (Å²) in [4.78, 5) is 40.3. The van der Waals surface area contributed by atoms with Crippen molar-refractivity contribution in [3.8, 4) is 0 Å². The molecule has 0 spiro atoms. The number of hydrogen-bond acceptors (Lipinski definition) is 4. The number of carbonyl (C=O) groups is 3. The second kappa shape index (κ2) is 7.78. The first-order chi connectivity index (χ1) is 16.3. The maximum absolute atomic E-state index is 14.3. The molecule has 1 N–H and O–H groups in total. The zero-order chi connectivity index (χ0) is 25.6. The lowest BCUT2D eigenvalue weighted by Gasteiger charge is -2.64. The third-order valence-electron chi connectivity index (χ3n) is 12.3. The molecule has 0 bridgehead atoms. The highest BCUT2D eigenvalue weighted by molar-refractivity contribution is 6.00. The molecule has 0 aromatic rings. The summed E-state index contributed by atoms with van der Waals surface area (Å²) >= 11 is 0. The molecule has 4 heteroatoms.